The van der Waals surface area contributed by atoms with Crippen LogP contribution >= 0.6 is 22.9 Å². The topological polar surface area (TPSA) is 90.6 Å². The number of nitro groups is 1. The van der Waals surface area contributed by atoms with E-state index in [4.69, 9.17) is 16.0 Å². The van der Waals surface area contributed by atoms with Crippen LogP contribution in [0.3, 0.4) is 0 Å². The lowest BCUT2D eigenvalue weighted by molar-refractivity contribution is -0.402. The van der Waals surface area contributed by atoms with E-state index >= 15 is 0 Å². The van der Waals surface area contributed by atoms with E-state index in [2.05, 4.69) is 4.99 Å². The molecule has 0 radical (unpaired) electrons. The van der Waals surface area contributed by atoms with Crippen molar-refractivity contribution < 1.29 is 14.1 Å². The van der Waals surface area contributed by atoms with Gasteiger partial charge in [0.25, 0.3) is 0 Å². The summed E-state index contributed by atoms with van der Waals surface area (Å²) in [6.07, 6.45) is 0.838. The van der Waals surface area contributed by atoms with Gasteiger partial charge >= 0.3 is 11.8 Å². The lowest BCUT2D eigenvalue weighted by Gasteiger charge is -2.03. The molecule has 3 aromatic rings. The van der Waals surface area contributed by atoms with Crippen LogP contribution < -0.4 is 4.80 Å². The molecule has 0 aliphatic rings. The summed E-state index contributed by atoms with van der Waals surface area (Å²) in [5.74, 6) is -1.33. The fourth-order valence-corrected chi connectivity index (χ4v) is 3.70. The molecule has 0 saturated carbocycles. The molecule has 2 heterocycles. The Morgan fingerprint density at radius 1 is 1.42 bits per heavy atom. The second kappa shape index (κ2) is 6.58. The van der Waals surface area contributed by atoms with Crippen molar-refractivity contribution in [2.24, 2.45) is 4.99 Å². The van der Waals surface area contributed by atoms with Gasteiger partial charge in [-0.25, -0.2) is 0 Å². The van der Waals surface area contributed by atoms with Gasteiger partial charge in [0.1, 0.15) is 4.92 Å². The number of hydrogen-bond acceptors (Lipinski definition) is 5. The summed E-state index contributed by atoms with van der Waals surface area (Å²) in [4.78, 5) is 26.7. The van der Waals surface area contributed by atoms with Crippen LogP contribution in [0.1, 0.15) is 23.9 Å². The average Bonchev–Trinajstić information content (AvgIpc) is 3.14. The van der Waals surface area contributed by atoms with E-state index in [-0.39, 0.29) is 5.76 Å². The number of nitrogens with zero attached hydrogens (tertiary/aromatic N) is 3. The van der Waals surface area contributed by atoms with Crippen LogP contribution in [0.4, 0.5) is 5.88 Å². The highest BCUT2D eigenvalue weighted by Crippen LogP contribution is 2.25. The zero-order chi connectivity index (χ0) is 17.3. The number of para-hydroxylation sites is 1. The van der Waals surface area contributed by atoms with Crippen molar-refractivity contribution in [3.05, 3.63) is 56.0 Å². The first-order valence-electron chi connectivity index (χ1n) is 7.12. The molecule has 1 amide bonds. The lowest BCUT2D eigenvalue weighted by atomic mass is 10.3. The Bertz CT molecular complexity index is 1000. The molecule has 24 heavy (non-hydrogen) atoms. The van der Waals surface area contributed by atoms with Gasteiger partial charge in [0.15, 0.2) is 4.80 Å². The number of fused-ring (bicyclic) bond motifs is 1. The normalized spacial score (nSPS) is 12.0. The third kappa shape index (κ3) is 2.98. The molecule has 9 heteroatoms. The molecule has 0 unspecified atom stereocenters. The molecule has 0 aliphatic heterocycles. The van der Waals surface area contributed by atoms with Crippen LogP contribution in [-0.2, 0) is 6.54 Å². The van der Waals surface area contributed by atoms with Crippen LogP contribution in [-0.4, -0.2) is 15.4 Å². The highest BCUT2D eigenvalue weighted by molar-refractivity contribution is 7.16. The largest absolute Gasteiger partial charge is 0.433 e. The van der Waals surface area contributed by atoms with Gasteiger partial charge in [0.2, 0.25) is 5.76 Å². The maximum atomic E-state index is 12.2. The van der Waals surface area contributed by atoms with E-state index in [0.29, 0.717) is 16.4 Å². The number of hydrogen-bond donors (Lipinski definition) is 0. The lowest BCUT2D eigenvalue weighted by Crippen LogP contribution is -2.16. The van der Waals surface area contributed by atoms with Crippen LogP contribution in [0.2, 0.25) is 5.02 Å². The quantitative estimate of drug-likeness (QED) is 0.516. The Kier molecular flexibility index (Phi) is 4.50. The van der Waals surface area contributed by atoms with E-state index in [1.807, 2.05) is 23.6 Å². The van der Waals surface area contributed by atoms with Gasteiger partial charge in [-0.2, -0.15) is 4.99 Å². The Balaban J connectivity index is 2.11. The minimum atomic E-state index is -0.701. The van der Waals surface area contributed by atoms with E-state index in [1.165, 1.54) is 17.4 Å². The van der Waals surface area contributed by atoms with Crippen LogP contribution in [0.15, 0.2) is 39.7 Å². The summed E-state index contributed by atoms with van der Waals surface area (Å²) in [5, 5.41) is 11.2. The number of benzene rings is 1. The number of thiazole rings is 1. The van der Waals surface area contributed by atoms with Gasteiger partial charge in [0.05, 0.1) is 21.3 Å². The Labute approximate surface area is 145 Å². The first-order chi connectivity index (χ1) is 11.5. The monoisotopic (exact) mass is 365 g/mol. The number of rotatable bonds is 4. The van der Waals surface area contributed by atoms with Gasteiger partial charge in [-0.05, 0) is 24.6 Å². The molecule has 0 atom stereocenters. The van der Waals surface area contributed by atoms with E-state index in [0.717, 1.165) is 22.7 Å². The van der Waals surface area contributed by atoms with Crippen molar-refractivity contribution in [3.8, 4) is 0 Å². The van der Waals surface area contributed by atoms with Crippen LogP contribution in [0.25, 0.3) is 10.2 Å². The maximum Gasteiger partial charge on any atom is 0.433 e. The SMILES string of the molecule is CCCn1c(=NC(=O)c2ccc([N+](=O)[O-])o2)sc2cccc(Cl)c21. The molecular weight excluding hydrogens is 354 g/mol. The second-order valence-electron chi connectivity index (χ2n) is 4.93. The van der Waals surface area contributed by atoms with Crippen molar-refractivity contribution in [2.45, 2.75) is 19.9 Å². The summed E-state index contributed by atoms with van der Waals surface area (Å²) in [7, 11) is 0. The van der Waals surface area contributed by atoms with Crippen molar-refractivity contribution >= 4 is 44.9 Å². The summed E-state index contributed by atoms with van der Waals surface area (Å²) in [5.41, 5.74) is 0.822. The first-order valence-corrected chi connectivity index (χ1v) is 8.32. The summed E-state index contributed by atoms with van der Waals surface area (Å²) >= 11 is 7.60. The van der Waals surface area contributed by atoms with E-state index in [1.54, 1.807) is 6.07 Å². The zero-order valence-corrected chi connectivity index (χ0v) is 14.1. The Hall–Kier alpha value is -2.45. The smallest absolute Gasteiger partial charge is 0.395 e. The van der Waals surface area contributed by atoms with Crippen molar-refractivity contribution in [1.82, 2.24) is 4.57 Å². The highest BCUT2D eigenvalue weighted by Gasteiger charge is 2.17. The molecule has 0 aliphatic carbocycles. The van der Waals surface area contributed by atoms with Gasteiger partial charge < -0.3 is 8.98 Å². The van der Waals surface area contributed by atoms with Crippen LogP contribution in [0.5, 0.6) is 0 Å². The van der Waals surface area contributed by atoms with Crippen molar-refractivity contribution in [1.29, 1.82) is 0 Å². The molecule has 0 spiro atoms. The number of furan rings is 1. The van der Waals surface area contributed by atoms with Gasteiger partial charge in [-0.1, -0.05) is 35.9 Å². The molecule has 0 saturated heterocycles. The van der Waals surface area contributed by atoms with Gasteiger partial charge in [-0.3, -0.25) is 14.9 Å². The minimum absolute atomic E-state index is 0.173. The Morgan fingerprint density at radius 2 is 2.21 bits per heavy atom. The first kappa shape index (κ1) is 16.4. The zero-order valence-electron chi connectivity index (χ0n) is 12.6. The summed E-state index contributed by atoms with van der Waals surface area (Å²) < 4.78 is 7.69. The molecule has 7 nitrogen and oxygen atoms in total. The van der Waals surface area contributed by atoms with Crippen LogP contribution in [0, 0.1) is 10.1 Å². The predicted octanol–water partition coefficient (Wildman–Crippen LogP) is 4.01. The molecule has 0 fully saturated rings. The van der Waals surface area contributed by atoms with E-state index < -0.39 is 16.7 Å². The number of aryl methyl sites for hydroxylation is 1. The maximum absolute atomic E-state index is 12.2. The average molecular weight is 366 g/mol. The second-order valence-corrected chi connectivity index (χ2v) is 6.35. The number of amides is 1. The standard InChI is InChI=1S/C15H12ClN3O4S/c1-2-8-18-13-9(16)4-3-5-11(13)24-15(18)17-14(20)10-6-7-12(23-10)19(21)22/h3-7H,2,8H2,1H3. The predicted molar refractivity (Wildman–Crippen MR) is 90.4 cm³/mol. The third-order valence-corrected chi connectivity index (χ3v) is 4.63. The molecule has 2 aromatic heterocycles. The molecular formula is C15H12ClN3O4S. The minimum Gasteiger partial charge on any atom is -0.395 e. The fourth-order valence-electron chi connectivity index (χ4n) is 2.29. The number of carbonyl (C=O) groups excluding carboxylic acids is 1. The molecule has 3 rings (SSSR count). The summed E-state index contributed by atoms with van der Waals surface area (Å²) in [6.45, 7) is 2.66. The van der Waals surface area contributed by atoms with Crippen molar-refractivity contribution in [2.75, 3.05) is 0 Å². The number of carbonyl (C=O) groups is 1. The molecule has 124 valence electrons. The van der Waals surface area contributed by atoms with Gasteiger partial charge in [-0.15, -0.1) is 0 Å². The van der Waals surface area contributed by atoms with E-state index in [9.17, 15) is 14.9 Å². The summed E-state index contributed by atoms with van der Waals surface area (Å²) in [6, 6.07) is 7.89. The fraction of sp³-hybridized carbons (Fsp3) is 0.200. The Morgan fingerprint density at radius 3 is 2.88 bits per heavy atom. The number of halogens is 1. The van der Waals surface area contributed by atoms with Crippen molar-refractivity contribution in [3.63, 3.8) is 0 Å². The molecule has 0 bridgehead atoms. The highest BCUT2D eigenvalue weighted by atomic mass is 35.5. The number of aromatic nitrogens is 1. The molecule has 1 aromatic carbocycles. The third-order valence-electron chi connectivity index (χ3n) is 3.28. The molecule has 0 N–H and O–H groups in total. The van der Waals surface area contributed by atoms with Gasteiger partial charge in [0, 0.05) is 6.54 Å².